The predicted octanol–water partition coefficient (Wildman–Crippen LogP) is 2.73. The van der Waals surface area contributed by atoms with Gasteiger partial charge >= 0.3 is 0 Å². The monoisotopic (exact) mass is 267 g/mol. The van der Waals surface area contributed by atoms with Crippen molar-refractivity contribution in [1.82, 2.24) is 15.1 Å². The van der Waals surface area contributed by atoms with Crippen LogP contribution < -0.4 is 5.32 Å². The summed E-state index contributed by atoms with van der Waals surface area (Å²) in [6.07, 6.45) is 4.06. The van der Waals surface area contributed by atoms with Crippen molar-refractivity contribution in [2.45, 2.75) is 32.7 Å². The van der Waals surface area contributed by atoms with E-state index in [4.69, 9.17) is 0 Å². The van der Waals surface area contributed by atoms with Crippen molar-refractivity contribution in [3.63, 3.8) is 0 Å². The predicted molar refractivity (Wildman–Crippen MR) is 81.1 cm³/mol. The maximum absolute atomic E-state index is 4.57. The van der Waals surface area contributed by atoms with E-state index in [-0.39, 0.29) is 5.41 Å². The normalized spacial score (nSPS) is 11.8. The van der Waals surface area contributed by atoms with Gasteiger partial charge < -0.3 is 5.32 Å². The molecule has 1 heterocycles. The minimum atomic E-state index is 0.107. The fraction of sp³-hybridized carbons (Fsp3) is 0.643. The molecule has 0 aliphatic heterocycles. The Morgan fingerprint density at radius 2 is 2.22 bits per heavy atom. The summed E-state index contributed by atoms with van der Waals surface area (Å²) in [6.45, 7) is 12.3. The van der Waals surface area contributed by atoms with Crippen LogP contribution in [0.15, 0.2) is 18.9 Å². The number of thioether (sulfide) groups is 1. The first-order valence-corrected chi connectivity index (χ1v) is 7.53. The van der Waals surface area contributed by atoms with Gasteiger partial charge in [-0.1, -0.05) is 26.8 Å². The molecule has 0 radical (unpaired) electrons. The van der Waals surface area contributed by atoms with Crippen LogP contribution >= 0.6 is 11.8 Å². The molecule has 1 aromatic heterocycles. The third-order valence-corrected chi connectivity index (χ3v) is 3.55. The Kier molecular flexibility index (Phi) is 5.96. The number of nitrogens with one attached hydrogen (secondary N) is 1. The quantitative estimate of drug-likeness (QED) is 0.608. The van der Waals surface area contributed by atoms with Gasteiger partial charge in [0.25, 0.3) is 0 Å². The van der Waals surface area contributed by atoms with Crippen LogP contribution in [0.4, 0.5) is 0 Å². The number of hydrogen-bond acceptors (Lipinski definition) is 3. The van der Waals surface area contributed by atoms with Crippen molar-refractivity contribution in [2.24, 2.45) is 7.05 Å². The van der Waals surface area contributed by atoms with Gasteiger partial charge in [0.1, 0.15) is 0 Å². The van der Waals surface area contributed by atoms with Crippen molar-refractivity contribution < 1.29 is 0 Å². The lowest BCUT2D eigenvalue weighted by Gasteiger charge is -2.17. The third kappa shape index (κ3) is 4.86. The average molecular weight is 267 g/mol. The Bertz CT molecular complexity index is 377. The van der Waals surface area contributed by atoms with Crippen LogP contribution in [0.5, 0.6) is 0 Å². The molecule has 4 heteroatoms. The molecule has 0 saturated heterocycles. The molecule has 0 aliphatic carbocycles. The van der Waals surface area contributed by atoms with E-state index in [1.165, 1.54) is 11.3 Å². The van der Waals surface area contributed by atoms with Crippen molar-refractivity contribution >= 4 is 11.8 Å². The molecule has 3 nitrogen and oxygen atoms in total. The molecule has 0 unspecified atom stereocenters. The first-order valence-electron chi connectivity index (χ1n) is 6.37. The van der Waals surface area contributed by atoms with Crippen LogP contribution in [0.3, 0.4) is 0 Å². The van der Waals surface area contributed by atoms with E-state index in [0.29, 0.717) is 0 Å². The van der Waals surface area contributed by atoms with Crippen molar-refractivity contribution in [3.05, 3.63) is 30.1 Å². The number of nitrogens with zero attached hydrogens (tertiary/aromatic N) is 2. The van der Waals surface area contributed by atoms with Crippen molar-refractivity contribution in [1.29, 1.82) is 0 Å². The second-order valence-electron chi connectivity index (χ2n) is 5.47. The molecule has 0 aromatic carbocycles. The van der Waals surface area contributed by atoms with Crippen molar-refractivity contribution in [3.8, 4) is 0 Å². The summed E-state index contributed by atoms with van der Waals surface area (Å²) in [5, 5.41) is 8.05. The first-order chi connectivity index (χ1) is 8.45. The Morgan fingerprint density at radius 3 is 2.83 bits per heavy atom. The smallest absolute Gasteiger partial charge is 0.0722 e. The highest BCUT2D eigenvalue weighted by molar-refractivity contribution is 7.99. The largest absolute Gasteiger partial charge is 0.312 e. The van der Waals surface area contributed by atoms with Gasteiger partial charge in [-0.3, -0.25) is 4.68 Å². The van der Waals surface area contributed by atoms with Crippen LogP contribution in [0.1, 0.15) is 32.0 Å². The zero-order valence-corrected chi connectivity index (χ0v) is 12.8. The summed E-state index contributed by atoms with van der Waals surface area (Å²) in [6, 6.07) is 0. The minimum Gasteiger partial charge on any atom is -0.312 e. The van der Waals surface area contributed by atoms with E-state index >= 15 is 0 Å². The Hall–Kier alpha value is -0.740. The first kappa shape index (κ1) is 15.3. The lowest BCUT2D eigenvalue weighted by atomic mass is 9.89. The summed E-state index contributed by atoms with van der Waals surface area (Å²) in [7, 11) is 1.98. The van der Waals surface area contributed by atoms with E-state index in [2.05, 4.69) is 44.0 Å². The molecule has 0 amide bonds. The molecule has 0 aliphatic rings. The van der Waals surface area contributed by atoms with Gasteiger partial charge in [-0.15, -0.1) is 6.58 Å². The summed E-state index contributed by atoms with van der Waals surface area (Å²) in [5.74, 6) is 2.15. The van der Waals surface area contributed by atoms with Gasteiger partial charge in [-0.25, -0.2) is 0 Å². The molecule has 0 fully saturated rings. The Labute approximate surface area is 115 Å². The highest BCUT2D eigenvalue weighted by atomic mass is 32.2. The minimum absolute atomic E-state index is 0.107. The fourth-order valence-corrected chi connectivity index (χ4v) is 2.45. The summed E-state index contributed by atoms with van der Waals surface area (Å²) < 4.78 is 1.91. The van der Waals surface area contributed by atoms with Gasteiger partial charge in [0.2, 0.25) is 0 Å². The average Bonchev–Trinajstić information content (AvgIpc) is 2.64. The van der Waals surface area contributed by atoms with Gasteiger partial charge in [-0.2, -0.15) is 16.9 Å². The van der Waals surface area contributed by atoms with Crippen molar-refractivity contribution in [2.75, 3.05) is 18.1 Å². The molecular formula is C14H25N3S. The number of hydrogen-bond donors (Lipinski definition) is 1. The van der Waals surface area contributed by atoms with Gasteiger partial charge in [0.05, 0.1) is 5.69 Å². The van der Waals surface area contributed by atoms with Crippen LogP contribution in [0.25, 0.3) is 0 Å². The van der Waals surface area contributed by atoms with Crippen LogP contribution in [0, 0.1) is 0 Å². The summed E-state index contributed by atoms with van der Waals surface area (Å²) in [5.41, 5.74) is 2.60. The summed E-state index contributed by atoms with van der Waals surface area (Å²) >= 11 is 1.90. The SMILES string of the molecule is C=CCSCCNCc1cn(C)nc1C(C)(C)C. The van der Waals surface area contributed by atoms with Crippen LogP contribution in [0.2, 0.25) is 0 Å². The molecule has 1 N–H and O–H groups in total. The van der Waals surface area contributed by atoms with Gasteiger partial charge in [0, 0.05) is 48.8 Å². The lowest BCUT2D eigenvalue weighted by Crippen LogP contribution is -2.20. The standard InChI is InChI=1S/C14H25N3S/c1-6-8-18-9-7-15-10-12-11-17(5)16-13(12)14(2,3)4/h6,11,15H,1,7-10H2,2-5H3. The second-order valence-corrected chi connectivity index (χ2v) is 6.62. The second kappa shape index (κ2) is 7.00. The number of aromatic nitrogens is 2. The molecule has 0 bridgehead atoms. The van der Waals surface area contributed by atoms with E-state index in [0.717, 1.165) is 24.6 Å². The molecule has 18 heavy (non-hydrogen) atoms. The molecule has 102 valence electrons. The molecule has 1 rings (SSSR count). The molecule has 0 saturated carbocycles. The van der Waals surface area contributed by atoms with E-state index in [1.807, 2.05) is 29.6 Å². The molecule has 1 aromatic rings. The molecular weight excluding hydrogens is 242 g/mol. The highest BCUT2D eigenvalue weighted by Gasteiger charge is 2.21. The number of aryl methyl sites for hydroxylation is 1. The summed E-state index contributed by atoms with van der Waals surface area (Å²) in [4.78, 5) is 0. The Balaban J connectivity index is 2.44. The maximum atomic E-state index is 4.57. The third-order valence-electron chi connectivity index (χ3n) is 2.59. The maximum Gasteiger partial charge on any atom is 0.0722 e. The van der Waals surface area contributed by atoms with Crippen LogP contribution in [-0.4, -0.2) is 27.8 Å². The Morgan fingerprint density at radius 1 is 1.50 bits per heavy atom. The van der Waals surface area contributed by atoms with Gasteiger partial charge in [0.15, 0.2) is 0 Å². The lowest BCUT2D eigenvalue weighted by molar-refractivity contribution is 0.544. The van der Waals surface area contributed by atoms with Gasteiger partial charge in [-0.05, 0) is 0 Å². The molecule has 0 atom stereocenters. The fourth-order valence-electron chi connectivity index (χ4n) is 1.83. The molecule has 0 spiro atoms. The van der Waals surface area contributed by atoms with E-state index < -0.39 is 0 Å². The highest BCUT2D eigenvalue weighted by Crippen LogP contribution is 2.23. The topological polar surface area (TPSA) is 29.9 Å². The van der Waals surface area contributed by atoms with E-state index in [9.17, 15) is 0 Å². The zero-order valence-electron chi connectivity index (χ0n) is 12.0. The van der Waals surface area contributed by atoms with Crippen LogP contribution in [-0.2, 0) is 19.0 Å². The number of rotatable bonds is 7. The van der Waals surface area contributed by atoms with E-state index in [1.54, 1.807) is 0 Å². The zero-order chi connectivity index (χ0) is 13.6.